The van der Waals surface area contributed by atoms with E-state index in [2.05, 4.69) is 20.6 Å². The summed E-state index contributed by atoms with van der Waals surface area (Å²) in [6, 6.07) is 4.46. The molecule has 0 aliphatic carbocycles. The predicted molar refractivity (Wildman–Crippen MR) is 72.0 cm³/mol. The van der Waals surface area contributed by atoms with Gasteiger partial charge in [0.25, 0.3) is 0 Å². The van der Waals surface area contributed by atoms with Crippen molar-refractivity contribution in [1.82, 2.24) is 10.7 Å². The van der Waals surface area contributed by atoms with Gasteiger partial charge in [-0.05, 0) is 36.0 Å². The Balaban J connectivity index is 2.79. The highest BCUT2D eigenvalue weighted by Crippen LogP contribution is 2.28. The Labute approximate surface area is 114 Å². The summed E-state index contributed by atoms with van der Waals surface area (Å²) in [6.07, 6.45) is 1.47. The van der Waals surface area contributed by atoms with Crippen molar-refractivity contribution in [3.05, 3.63) is 23.8 Å². The standard InChI is InChI=1S/C11H13F2N3O2S/c1-14-11(19)16-15-6-7-3-4-8(18-10(12)13)9(5-7)17-2/h3-6,10H,1-2H3,(H2,14,16,19)/b15-6+. The van der Waals surface area contributed by atoms with Crippen LogP contribution < -0.4 is 20.2 Å². The maximum Gasteiger partial charge on any atom is 0.387 e. The first-order valence-corrected chi connectivity index (χ1v) is 5.61. The summed E-state index contributed by atoms with van der Waals surface area (Å²) in [4.78, 5) is 0. The van der Waals surface area contributed by atoms with E-state index in [1.807, 2.05) is 0 Å². The van der Waals surface area contributed by atoms with Gasteiger partial charge >= 0.3 is 6.61 Å². The number of hydrazone groups is 1. The summed E-state index contributed by atoms with van der Waals surface area (Å²) in [5.74, 6) is 0.161. The van der Waals surface area contributed by atoms with Crippen molar-refractivity contribution < 1.29 is 18.3 Å². The average Bonchev–Trinajstić information content (AvgIpc) is 2.39. The highest BCUT2D eigenvalue weighted by Gasteiger charge is 2.10. The second-order valence-corrected chi connectivity index (χ2v) is 3.65. The molecule has 0 aromatic heterocycles. The minimum absolute atomic E-state index is 0.0339. The molecule has 1 aromatic carbocycles. The number of halogens is 2. The first kappa shape index (κ1) is 15.1. The molecule has 1 aromatic rings. The Hall–Kier alpha value is -1.96. The van der Waals surface area contributed by atoms with E-state index in [0.29, 0.717) is 10.7 Å². The molecule has 0 atom stereocenters. The van der Waals surface area contributed by atoms with Gasteiger partial charge in [-0.15, -0.1) is 0 Å². The van der Waals surface area contributed by atoms with Gasteiger partial charge in [-0.25, -0.2) is 0 Å². The highest BCUT2D eigenvalue weighted by atomic mass is 32.1. The van der Waals surface area contributed by atoms with E-state index in [1.54, 1.807) is 13.1 Å². The summed E-state index contributed by atoms with van der Waals surface area (Å²) in [6.45, 7) is -2.90. The molecule has 0 aliphatic heterocycles. The van der Waals surface area contributed by atoms with Gasteiger partial charge in [0, 0.05) is 7.05 Å². The van der Waals surface area contributed by atoms with Crippen LogP contribution >= 0.6 is 12.2 Å². The van der Waals surface area contributed by atoms with Crippen molar-refractivity contribution in [2.24, 2.45) is 5.10 Å². The van der Waals surface area contributed by atoms with Gasteiger partial charge in [-0.3, -0.25) is 5.43 Å². The number of hydrogen-bond acceptors (Lipinski definition) is 4. The van der Waals surface area contributed by atoms with Crippen LogP contribution in [-0.2, 0) is 0 Å². The molecule has 0 bridgehead atoms. The highest BCUT2D eigenvalue weighted by molar-refractivity contribution is 7.80. The number of benzene rings is 1. The van der Waals surface area contributed by atoms with Crippen molar-refractivity contribution in [1.29, 1.82) is 0 Å². The first-order chi connectivity index (χ1) is 9.06. The number of ether oxygens (including phenoxy) is 2. The van der Waals surface area contributed by atoms with Gasteiger partial charge in [-0.1, -0.05) is 0 Å². The lowest BCUT2D eigenvalue weighted by Gasteiger charge is -2.10. The van der Waals surface area contributed by atoms with Gasteiger partial charge in [0.1, 0.15) is 0 Å². The zero-order valence-electron chi connectivity index (χ0n) is 10.3. The van der Waals surface area contributed by atoms with E-state index in [0.717, 1.165) is 0 Å². The molecule has 0 spiro atoms. The maximum absolute atomic E-state index is 12.1. The van der Waals surface area contributed by atoms with Crippen LogP contribution in [0.4, 0.5) is 8.78 Å². The number of hydrogen-bond donors (Lipinski definition) is 2. The summed E-state index contributed by atoms with van der Waals surface area (Å²) in [7, 11) is 3.02. The van der Waals surface area contributed by atoms with E-state index in [-0.39, 0.29) is 11.5 Å². The summed E-state index contributed by atoms with van der Waals surface area (Å²) in [5, 5.41) is 6.90. The minimum Gasteiger partial charge on any atom is -0.493 e. The quantitative estimate of drug-likeness (QED) is 0.491. The lowest BCUT2D eigenvalue weighted by atomic mass is 10.2. The topological polar surface area (TPSA) is 54.9 Å². The third-order valence-corrected chi connectivity index (χ3v) is 2.31. The monoisotopic (exact) mass is 289 g/mol. The zero-order valence-corrected chi connectivity index (χ0v) is 11.1. The largest absolute Gasteiger partial charge is 0.493 e. The number of alkyl halides is 2. The van der Waals surface area contributed by atoms with Crippen LogP contribution in [0.2, 0.25) is 0 Å². The molecule has 0 amide bonds. The van der Waals surface area contributed by atoms with Crippen molar-refractivity contribution in [3.8, 4) is 11.5 Å². The first-order valence-electron chi connectivity index (χ1n) is 5.20. The van der Waals surface area contributed by atoms with Gasteiger partial charge < -0.3 is 14.8 Å². The van der Waals surface area contributed by atoms with Crippen LogP contribution in [0.5, 0.6) is 11.5 Å². The van der Waals surface area contributed by atoms with E-state index in [9.17, 15) is 8.78 Å². The molecule has 104 valence electrons. The molecule has 19 heavy (non-hydrogen) atoms. The Morgan fingerprint density at radius 3 is 2.74 bits per heavy atom. The molecule has 0 radical (unpaired) electrons. The van der Waals surface area contributed by atoms with Crippen LogP contribution in [0.1, 0.15) is 5.56 Å². The van der Waals surface area contributed by atoms with Crippen LogP contribution in [0.25, 0.3) is 0 Å². The molecule has 8 heteroatoms. The normalized spacial score (nSPS) is 10.6. The molecule has 5 nitrogen and oxygen atoms in total. The molecule has 0 saturated carbocycles. The molecule has 0 aliphatic rings. The molecule has 0 fully saturated rings. The van der Waals surface area contributed by atoms with Crippen molar-refractivity contribution >= 4 is 23.5 Å². The van der Waals surface area contributed by atoms with Gasteiger partial charge in [0.2, 0.25) is 0 Å². The van der Waals surface area contributed by atoms with E-state index in [4.69, 9.17) is 17.0 Å². The Kier molecular flexibility index (Phi) is 5.94. The molecule has 0 unspecified atom stereocenters. The fourth-order valence-corrected chi connectivity index (χ4v) is 1.23. The number of methoxy groups -OCH3 is 1. The summed E-state index contributed by atoms with van der Waals surface area (Å²) >= 11 is 4.82. The van der Waals surface area contributed by atoms with Crippen LogP contribution in [0.3, 0.4) is 0 Å². The zero-order chi connectivity index (χ0) is 14.3. The minimum atomic E-state index is -2.90. The van der Waals surface area contributed by atoms with Gasteiger partial charge in [0.05, 0.1) is 13.3 Å². The van der Waals surface area contributed by atoms with Crippen molar-refractivity contribution in [3.63, 3.8) is 0 Å². The smallest absolute Gasteiger partial charge is 0.387 e. The molecular formula is C11H13F2N3O2S. The Morgan fingerprint density at radius 2 is 2.16 bits per heavy atom. The summed E-state index contributed by atoms with van der Waals surface area (Å²) < 4.78 is 33.5. The number of rotatable bonds is 5. The SMILES string of the molecule is CNC(=S)N/N=C/c1ccc(OC(F)F)c(OC)c1. The molecule has 0 saturated heterocycles. The van der Waals surface area contributed by atoms with Crippen molar-refractivity contribution in [2.45, 2.75) is 6.61 Å². The average molecular weight is 289 g/mol. The van der Waals surface area contributed by atoms with E-state index >= 15 is 0 Å². The lowest BCUT2D eigenvalue weighted by molar-refractivity contribution is -0.0512. The summed E-state index contributed by atoms with van der Waals surface area (Å²) in [5.41, 5.74) is 3.21. The lowest BCUT2D eigenvalue weighted by Crippen LogP contribution is -2.28. The second kappa shape index (κ2) is 7.47. The van der Waals surface area contributed by atoms with Gasteiger partial charge in [-0.2, -0.15) is 13.9 Å². The number of nitrogens with zero attached hydrogens (tertiary/aromatic N) is 1. The third kappa shape index (κ3) is 5.04. The van der Waals surface area contributed by atoms with Crippen LogP contribution in [0, 0.1) is 0 Å². The predicted octanol–water partition coefficient (Wildman–Crippen LogP) is 1.72. The van der Waals surface area contributed by atoms with E-state index in [1.165, 1.54) is 25.5 Å². The Morgan fingerprint density at radius 1 is 1.42 bits per heavy atom. The molecule has 0 heterocycles. The second-order valence-electron chi connectivity index (χ2n) is 3.24. The molecule has 1 rings (SSSR count). The maximum atomic E-state index is 12.1. The van der Waals surface area contributed by atoms with Crippen LogP contribution in [-0.4, -0.2) is 32.1 Å². The third-order valence-electron chi connectivity index (χ3n) is 2.01. The van der Waals surface area contributed by atoms with E-state index < -0.39 is 6.61 Å². The fraction of sp³-hybridized carbons (Fsp3) is 0.273. The van der Waals surface area contributed by atoms with Gasteiger partial charge in [0.15, 0.2) is 16.6 Å². The van der Waals surface area contributed by atoms with Crippen molar-refractivity contribution in [2.75, 3.05) is 14.2 Å². The fourth-order valence-electron chi connectivity index (χ4n) is 1.18. The molecule has 2 N–H and O–H groups in total. The molecular weight excluding hydrogens is 276 g/mol. The van der Waals surface area contributed by atoms with Crippen LogP contribution in [0.15, 0.2) is 23.3 Å². The number of thiocarbonyl (C=S) groups is 1. The number of nitrogens with one attached hydrogen (secondary N) is 2. The Bertz CT molecular complexity index is 469.